The third kappa shape index (κ3) is 7.03. The topological polar surface area (TPSA) is 86.8 Å². The number of nitrogens with zero attached hydrogens (tertiary/aromatic N) is 2. The number of rotatable bonds is 11. The molecule has 0 aromatic heterocycles. The summed E-state index contributed by atoms with van der Waals surface area (Å²) in [5.41, 5.74) is 2.70. The summed E-state index contributed by atoms with van der Waals surface area (Å²) >= 11 is 0. The zero-order valence-electron chi connectivity index (χ0n) is 20.5. The first-order valence-electron chi connectivity index (χ1n) is 11.3. The molecule has 0 aliphatic rings. The predicted octanol–water partition coefficient (Wildman–Crippen LogP) is 3.54. The third-order valence-electron chi connectivity index (χ3n) is 5.73. The highest BCUT2D eigenvalue weighted by Gasteiger charge is 2.32. The van der Waals surface area contributed by atoms with Crippen LogP contribution in [0.15, 0.2) is 42.5 Å². The molecule has 0 spiro atoms. The van der Waals surface area contributed by atoms with Gasteiger partial charge in [-0.15, -0.1) is 0 Å². The van der Waals surface area contributed by atoms with Crippen LogP contribution in [0.25, 0.3) is 0 Å². The van der Waals surface area contributed by atoms with Gasteiger partial charge >= 0.3 is 0 Å². The summed E-state index contributed by atoms with van der Waals surface area (Å²) in [6.45, 7) is 7.44. The van der Waals surface area contributed by atoms with E-state index in [0.717, 1.165) is 28.1 Å². The number of hydrogen-bond acceptors (Lipinski definition) is 4. The number of amides is 2. The fraction of sp³-hybridized carbons (Fsp3) is 0.440. The first-order chi connectivity index (χ1) is 16.0. The average molecular weight is 492 g/mol. The SMILES string of the molecule is CCCNC(=O)[C@@H](CC)N(Cc1ccc(F)cc1)C(=O)CN(c1cccc(C)c1C)S(C)(=O)=O. The maximum atomic E-state index is 13.6. The molecule has 2 amide bonds. The zero-order chi connectivity index (χ0) is 25.5. The summed E-state index contributed by atoms with van der Waals surface area (Å²) in [5, 5.41) is 2.82. The Balaban J connectivity index is 2.46. The summed E-state index contributed by atoms with van der Waals surface area (Å²) in [5.74, 6) is -1.24. The molecule has 1 N–H and O–H groups in total. The molecule has 0 saturated heterocycles. The van der Waals surface area contributed by atoms with Crippen LogP contribution in [0.2, 0.25) is 0 Å². The van der Waals surface area contributed by atoms with Gasteiger partial charge in [-0.05, 0) is 61.6 Å². The van der Waals surface area contributed by atoms with E-state index in [4.69, 9.17) is 0 Å². The smallest absolute Gasteiger partial charge is 0.244 e. The van der Waals surface area contributed by atoms with E-state index < -0.39 is 34.3 Å². The van der Waals surface area contributed by atoms with Crippen LogP contribution in [-0.2, 0) is 26.2 Å². The second-order valence-corrected chi connectivity index (χ2v) is 10.3. The molecular weight excluding hydrogens is 457 g/mol. The van der Waals surface area contributed by atoms with E-state index in [1.54, 1.807) is 38.1 Å². The normalized spacial score (nSPS) is 12.2. The van der Waals surface area contributed by atoms with Crippen molar-refractivity contribution in [3.63, 3.8) is 0 Å². The molecular formula is C25H34FN3O4S. The van der Waals surface area contributed by atoms with Gasteiger partial charge < -0.3 is 10.2 Å². The van der Waals surface area contributed by atoms with Crippen molar-refractivity contribution in [1.82, 2.24) is 10.2 Å². The lowest BCUT2D eigenvalue weighted by molar-refractivity contribution is -0.140. The van der Waals surface area contributed by atoms with Crippen molar-refractivity contribution in [2.75, 3.05) is 23.7 Å². The van der Waals surface area contributed by atoms with Gasteiger partial charge in [0, 0.05) is 13.1 Å². The lowest BCUT2D eigenvalue weighted by atomic mass is 10.1. The van der Waals surface area contributed by atoms with Gasteiger partial charge in [-0.1, -0.05) is 38.1 Å². The molecule has 2 rings (SSSR count). The number of halogens is 1. The van der Waals surface area contributed by atoms with Gasteiger partial charge in [0.15, 0.2) is 0 Å². The van der Waals surface area contributed by atoms with E-state index in [2.05, 4.69) is 5.32 Å². The Labute approximate surface area is 202 Å². The summed E-state index contributed by atoms with van der Waals surface area (Å²) in [6.07, 6.45) is 2.13. The van der Waals surface area contributed by atoms with Gasteiger partial charge in [-0.25, -0.2) is 12.8 Å². The highest BCUT2D eigenvalue weighted by molar-refractivity contribution is 7.92. The second kappa shape index (κ2) is 12.0. The maximum absolute atomic E-state index is 13.6. The molecule has 0 aliphatic heterocycles. The standard InChI is InChI=1S/C25H34FN3O4S/c1-6-15-27-25(31)22(7-2)28(16-20-11-13-21(26)14-12-20)24(30)17-29(34(5,32)33)23-10-8-9-18(3)19(23)4/h8-14,22H,6-7,15-17H2,1-5H3,(H,27,31)/t22-/m1/s1. The molecule has 0 fully saturated rings. The third-order valence-corrected chi connectivity index (χ3v) is 6.85. The Hall–Kier alpha value is -2.94. The fourth-order valence-electron chi connectivity index (χ4n) is 3.67. The highest BCUT2D eigenvalue weighted by atomic mass is 32.2. The van der Waals surface area contributed by atoms with Gasteiger partial charge in [-0.2, -0.15) is 0 Å². The van der Waals surface area contributed by atoms with Crippen molar-refractivity contribution in [1.29, 1.82) is 0 Å². The number of sulfonamides is 1. The summed E-state index contributed by atoms with van der Waals surface area (Å²) in [7, 11) is -3.80. The van der Waals surface area contributed by atoms with Crippen LogP contribution >= 0.6 is 0 Å². The van der Waals surface area contributed by atoms with Crippen LogP contribution in [0.5, 0.6) is 0 Å². The molecule has 7 nitrogen and oxygen atoms in total. The van der Waals surface area contributed by atoms with Gasteiger partial charge in [0.25, 0.3) is 0 Å². The number of nitrogens with one attached hydrogen (secondary N) is 1. The molecule has 2 aromatic carbocycles. The molecule has 0 saturated carbocycles. The summed E-state index contributed by atoms with van der Waals surface area (Å²) in [4.78, 5) is 27.8. The second-order valence-electron chi connectivity index (χ2n) is 8.35. The Bertz CT molecular complexity index is 1100. The van der Waals surface area contributed by atoms with Gasteiger partial charge in [0.05, 0.1) is 11.9 Å². The van der Waals surface area contributed by atoms with Crippen LogP contribution in [0.4, 0.5) is 10.1 Å². The lowest BCUT2D eigenvalue weighted by Crippen LogP contribution is -2.52. The van der Waals surface area contributed by atoms with Crippen molar-refractivity contribution in [3.8, 4) is 0 Å². The van der Waals surface area contributed by atoms with E-state index in [-0.39, 0.29) is 12.5 Å². The van der Waals surface area contributed by atoms with Crippen molar-refractivity contribution >= 4 is 27.5 Å². The molecule has 0 heterocycles. The zero-order valence-corrected chi connectivity index (χ0v) is 21.3. The monoisotopic (exact) mass is 491 g/mol. The van der Waals surface area contributed by atoms with Crippen molar-refractivity contribution in [2.24, 2.45) is 0 Å². The van der Waals surface area contributed by atoms with Crippen LogP contribution in [0.1, 0.15) is 43.4 Å². The largest absolute Gasteiger partial charge is 0.354 e. The Kier molecular flexibility index (Phi) is 9.61. The van der Waals surface area contributed by atoms with E-state index >= 15 is 0 Å². The van der Waals surface area contributed by atoms with E-state index in [1.165, 1.54) is 17.0 Å². The van der Waals surface area contributed by atoms with Gasteiger partial charge in [0.1, 0.15) is 18.4 Å². The van der Waals surface area contributed by atoms with Gasteiger partial charge in [0.2, 0.25) is 21.8 Å². The Morgan fingerprint density at radius 2 is 1.71 bits per heavy atom. The Morgan fingerprint density at radius 3 is 2.26 bits per heavy atom. The number of carbonyl (C=O) groups excluding carboxylic acids is 2. The number of hydrogen-bond donors (Lipinski definition) is 1. The van der Waals surface area contributed by atoms with Crippen molar-refractivity contribution in [2.45, 2.75) is 53.1 Å². The highest BCUT2D eigenvalue weighted by Crippen LogP contribution is 2.25. The fourth-order valence-corrected chi connectivity index (χ4v) is 4.57. The van der Waals surface area contributed by atoms with Crippen LogP contribution in [-0.4, -0.2) is 50.5 Å². The average Bonchev–Trinajstić information content (AvgIpc) is 2.78. The van der Waals surface area contributed by atoms with Crippen molar-refractivity contribution < 1.29 is 22.4 Å². The molecule has 0 aliphatic carbocycles. The number of anilines is 1. The lowest BCUT2D eigenvalue weighted by Gasteiger charge is -2.33. The first kappa shape index (κ1) is 27.3. The molecule has 0 bridgehead atoms. The molecule has 2 aromatic rings. The van der Waals surface area contributed by atoms with E-state index in [9.17, 15) is 22.4 Å². The Morgan fingerprint density at radius 1 is 1.06 bits per heavy atom. The molecule has 0 unspecified atom stereocenters. The molecule has 186 valence electrons. The quantitative estimate of drug-likeness (QED) is 0.521. The maximum Gasteiger partial charge on any atom is 0.244 e. The van der Waals surface area contributed by atoms with E-state index in [0.29, 0.717) is 24.2 Å². The number of carbonyl (C=O) groups is 2. The van der Waals surface area contributed by atoms with E-state index in [1.807, 2.05) is 19.9 Å². The van der Waals surface area contributed by atoms with Gasteiger partial charge in [-0.3, -0.25) is 13.9 Å². The minimum absolute atomic E-state index is 0.0432. The van der Waals surface area contributed by atoms with Crippen LogP contribution in [0.3, 0.4) is 0 Å². The first-order valence-corrected chi connectivity index (χ1v) is 13.2. The molecule has 0 radical (unpaired) electrons. The van der Waals surface area contributed by atoms with Crippen molar-refractivity contribution in [3.05, 3.63) is 65.0 Å². The molecule has 1 atom stereocenters. The minimum Gasteiger partial charge on any atom is -0.354 e. The molecule has 9 heteroatoms. The van der Waals surface area contributed by atoms with Crippen LogP contribution in [0, 0.1) is 19.7 Å². The minimum atomic E-state index is -3.80. The summed E-state index contributed by atoms with van der Waals surface area (Å²) in [6, 6.07) is 10.1. The predicted molar refractivity (Wildman–Crippen MR) is 132 cm³/mol. The summed E-state index contributed by atoms with van der Waals surface area (Å²) < 4.78 is 39.9. The van der Waals surface area contributed by atoms with Crippen LogP contribution < -0.4 is 9.62 Å². The molecule has 34 heavy (non-hydrogen) atoms. The number of benzene rings is 2. The number of aryl methyl sites for hydroxylation is 1.